The second kappa shape index (κ2) is 5.66. The summed E-state index contributed by atoms with van der Waals surface area (Å²) in [7, 11) is 0. The summed E-state index contributed by atoms with van der Waals surface area (Å²) in [4.78, 5) is 26.1. The number of carboxylic acid groups (broad SMARTS) is 1. The van der Waals surface area contributed by atoms with Crippen LogP contribution in [0.1, 0.15) is 20.7 Å². The molecule has 1 heterocycles. The SMILES string of the molecule is O=C(O)c1ccc(NC(=O)c2ccncc2F)c(Cl)c1. The second-order valence-corrected chi connectivity index (χ2v) is 4.22. The topological polar surface area (TPSA) is 79.3 Å². The summed E-state index contributed by atoms with van der Waals surface area (Å²) in [5, 5.41) is 11.2. The number of aromatic nitrogens is 1. The highest BCUT2D eigenvalue weighted by Gasteiger charge is 2.14. The molecule has 0 aliphatic rings. The van der Waals surface area contributed by atoms with Gasteiger partial charge in [0.05, 0.1) is 28.0 Å². The molecular weight excluding hydrogens is 287 g/mol. The highest BCUT2D eigenvalue weighted by Crippen LogP contribution is 2.24. The van der Waals surface area contributed by atoms with Crippen LogP contribution in [0.3, 0.4) is 0 Å². The summed E-state index contributed by atoms with van der Waals surface area (Å²) >= 11 is 5.86. The number of nitrogens with zero attached hydrogens (tertiary/aromatic N) is 1. The zero-order valence-electron chi connectivity index (χ0n) is 9.93. The Morgan fingerprint density at radius 3 is 2.65 bits per heavy atom. The molecule has 0 aliphatic carbocycles. The zero-order chi connectivity index (χ0) is 14.7. The van der Waals surface area contributed by atoms with Gasteiger partial charge in [-0.05, 0) is 24.3 Å². The monoisotopic (exact) mass is 294 g/mol. The Balaban J connectivity index is 2.25. The quantitative estimate of drug-likeness (QED) is 0.912. The first-order chi connectivity index (χ1) is 9.49. The van der Waals surface area contributed by atoms with Crippen LogP contribution < -0.4 is 5.32 Å². The van der Waals surface area contributed by atoms with E-state index in [2.05, 4.69) is 10.3 Å². The fourth-order valence-corrected chi connectivity index (χ4v) is 1.73. The Hall–Kier alpha value is -2.47. The van der Waals surface area contributed by atoms with Crippen LogP contribution in [0.2, 0.25) is 5.02 Å². The van der Waals surface area contributed by atoms with E-state index >= 15 is 0 Å². The Kier molecular flexibility index (Phi) is 3.95. The van der Waals surface area contributed by atoms with Crippen molar-refractivity contribution in [1.29, 1.82) is 0 Å². The van der Waals surface area contributed by atoms with E-state index in [0.29, 0.717) is 0 Å². The fourth-order valence-electron chi connectivity index (χ4n) is 1.50. The van der Waals surface area contributed by atoms with Crippen LogP contribution in [0.25, 0.3) is 0 Å². The fraction of sp³-hybridized carbons (Fsp3) is 0. The number of benzene rings is 1. The van der Waals surface area contributed by atoms with Crippen LogP contribution in [-0.4, -0.2) is 22.0 Å². The molecule has 2 aromatic rings. The van der Waals surface area contributed by atoms with E-state index in [0.717, 1.165) is 6.20 Å². The molecule has 2 N–H and O–H groups in total. The molecule has 1 aromatic heterocycles. The molecule has 7 heteroatoms. The predicted molar refractivity (Wildman–Crippen MR) is 70.6 cm³/mol. The van der Waals surface area contributed by atoms with Gasteiger partial charge in [-0.1, -0.05) is 11.6 Å². The lowest BCUT2D eigenvalue weighted by atomic mass is 10.2. The van der Waals surface area contributed by atoms with Crippen molar-refractivity contribution in [3.05, 3.63) is 58.6 Å². The van der Waals surface area contributed by atoms with Crippen LogP contribution >= 0.6 is 11.6 Å². The molecule has 0 saturated carbocycles. The molecule has 1 aromatic carbocycles. The second-order valence-electron chi connectivity index (χ2n) is 3.81. The molecule has 0 spiro atoms. The molecule has 0 atom stereocenters. The molecule has 0 unspecified atom stereocenters. The van der Waals surface area contributed by atoms with Gasteiger partial charge in [0.2, 0.25) is 0 Å². The number of amides is 1. The number of carbonyl (C=O) groups is 2. The molecule has 2 rings (SSSR count). The molecule has 0 saturated heterocycles. The van der Waals surface area contributed by atoms with Crippen LogP contribution in [-0.2, 0) is 0 Å². The lowest BCUT2D eigenvalue weighted by Crippen LogP contribution is -2.14. The number of aromatic carboxylic acids is 1. The first kappa shape index (κ1) is 14.0. The minimum absolute atomic E-state index is 0.0110. The highest BCUT2D eigenvalue weighted by molar-refractivity contribution is 6.34. The Morgan fingerprint density at radius 1 is 1.30 bits per heavy atom. The lowest BCUT2D eigenvalue weighted by molar-refractivity contribution is 0.0696. The van der Waals surface area contributed by atoms with Crippen molar-refractivity contribution >= 4 is 29.2 Å². The highest BCUT2D eigenvalue weighted by atomic mass is 35.5. The van der Waals surface area contributed by atoms with E-state index in [-0.39, 0.29) is 21.8 Å². The summed E-state index contributed by atoms with van der Waals surface area (Å²) in [6.07, 6.45) is 2.21. The summed E-state index contributed by atoms with van der Waals surface area (Å²) in [6.45, 7) is 0. The molecule has 1 amide bonds. The largest absolute Gasteiger partial charge is 0.478 e. The van der Waals surface area contributed by atoms with Crippen molar-refractivity contribution in [3.63, 3.8) is 0 Å². The molecule has 0 bridgehead atoms. The van der Waals surface area contributed by atoms with Gasteiger partial charge in [-0.3, -0.25) is 9.78 Å². The Morgan fingerprint density at radius 2 is 2.05 bits per heavy atom. The van der Waals surface area contributed by atoms with Crippen molar-refractivity contribution in [2.24, 2.45) is 0 Å². The van der Waals surface area contributed by atoms with E-state index < -0.39 is 17.7 Å². The van der Waals surface area contributed by atoms with Gasteiger partial charge in [0.15, 0.2) is 5.82 Å². The van der Waals surface area contributed by atoms with E-state index in [9.17, 15) is 14.0 Å². The van der Waals surface area contributed by atoms with Crippen molar-refractivity contribution < 1.29 is 19.1 Å². The van der Waals surface area contributed by atoms with E-state index in [1.54, 1.807) is 0 Å². The Labute approximate surface area is 118 Å². The molecule has 5 nitrogen and oxygen atoms in total. The third-order valence-corrected chi connectivity index (χ3v) is 2.79. The normalized spacial score (nSPS) is 10.1. The maximum atomic E-state index is 13.4. The van der Waals surface area contributed by atoms with Crippen LogP contribution in [0.15, 0.2) is 36.7 Å². The van der Waals surface area contributed by atoms with Gasteiger partial charge in [0, 0.05) is 6.20 Å². The minimum atomic E-state index is -1.13. The molecule has 0 radical (unpaired) electrons. The van der Waals surface area contributed by atoms with Gasteiger partial charge in [-0.15, -0.1) is 0 Å². The van der Waals surface area contributed by atoms with Gasteiger partial charge in [-0.2, -0.15) is 0 Å². The number of hydrogen-bond acceptors (Lipinski definition) is 3. The maximum absolute atomic E-state index is 13.4. The average molecular weight is 295 g/mol. The number of rotatable bonds is 3. The standard InChI is InChI=1S/C13H8ClFN2O3/c14-9-5-7(13(19)20)1-2-11(9)17-12(18)8-3-4-16-6-10(8)15/h1-6H,(H,17,18)(H,19,20). The number of carbonyl (C=O) groups excluding carboxylic acids is 1. The molecule has 102 valence electrons. The van der Waals surface area contributed by atoms with Crippen molar-refractivity contribution in [2.75, 3.05) is 5.32 Å². The summed E-state index contributed by atoms with van der Waals surface area (Å²) < 4.78 is 13.4. The van der Waals surface area contributed by atoms with Gasteiger partial charge < -0.3 is 10.4 Å². The number of anilines is 1. The number of nitrogens with one attached hydrogen (secondary N) is 1. The summed E-state index contributed by atoms with van der Waals surface area (Å²) in [5.41, 5.74) is -0.000604. The van der Waals surface area contributed by atoms with Crippen LogP contribution in [0.4, 0.5) is 10.1 Å². The number of carboxylic acids is 1. The molecule has 0 aliphatic heterocycles. The zero-order valence-corrected chi connectivity index (χ0v) is 10.7. The third kappa shape index (κ3) is 2.92. The molecular formula is C13H8ClFN2O3. The summed E-state index contributed by atoms with van der Waals surface area (Å²) in [6, 6.07) is 5.04. The number of hydrogen-bond donors (Lipinski definition) is 2. The van der Waals surface area contributed by atoms with E-state index in [4.69, 9.17) is 16.7 Å². The third-order valence-electron chi connectivity index (χ3n) is 2.48. The smallest absolute Gasteiger partial charge is 0.335 e. The van der Waals surface area contributed by atoms with Crippen molar-refractivity contribution in [2.45, 2.75) is 0 Å². The number of halogens is 2. The van der Waals surface area contributed by atoms with Gasteiger partial charge in [-0.25, -0.2) is 9.18 Å². The first-order valence-electron chi connectivity index (χ1n) is 5.42. The van der Waals surface area contributed by atoms with Crippen LogP contribution in [0, 0.1) is 5.82 Å². The average Bonchev–Trinajstić information content (AvgIpc) is 2.41. The van der Waals surface area contributed by atoms with E-state index in [1.807, 2.05) is 0 Å². The van der Waals surface area contributed by atoms with Crippen molar-refractivity contribution in [3.8, 4) is 0 Å². The summed E-state index contributed by atoms with van der Waals surface area (Å²) in [5.74, 6) is -2.59. The molecule has 20 heavy (non-hydrogen) atoms. The lowest BCUT2D eigenvalue weighted by Gasteiger charge is -2.08. The van der Waals surface area contributed by atoms with Gasteiger partial charge in [0.25, 0.3) is 5.91 Å². The maximum Gasteiger partial charge on any atom is 0.335 e. The van der Waals surface area contributed by atoms with Crippen LogP contribution in [0.5, 0.6) is 0 Å². The molecule has 0 fully saturated rings. The predicted octanol–water partition coefficient (Wildman–Crippen LogP) is 2.82. The minimum Gasteiger partial charge on any atom is -0.478 e. The first-order valence-corrected chi connectivity index (χ1v) is 5.80. The Bertz CT molecular complexity index is 691. The van der Waals surface area contributed by atoms with E-state index in [1.165, 1.54) is 30.5 Å². The van der Waals surface area contributed by atoms with Gasteiger partial charge in [0.1, 0.15) is 0 Å². The number of pyridine rings is 1. The van der Waals surface area contributed by atoms with Gasteiger partial charge >= 0.3 is 5.97 Å². The van der Waals surface area contributed by atoms with Crippen molar-refractivity contribution in [1.82, 2.24) is 4.98 Å².